The van der Waals surface area contributed by atoms with Crippen molar-refractivity contribution < 1.29 is 19.1 Å². The van der Waals surface area contributed by atoms with E-state index in [0.29, 0.717) is 12.8 Å². The van der Waals surface area contributed by atoms with Crippen molar-refractivity contribution in [3.05, 3.63) is 71.8 Å². The van der Waals surface area contributed by atoms with Gasteiger partial charge in [-0.05, 0) is 30.9 Å². The van der Waals surface area contributed by atoms with Gasteiger partial charge in [-0.15, -0.1) is 5.92 Å². The number of carbonyl (C=O) groups is 2. The number of carbonyl (C=O) groups excluding carboxylic acids is 2. The average molecular weight is 378 g/mol. The molecule has 0 heterocycles. The van der Waals surface area contributed by atoms with Gasteiger partial charge in [0.15, 0.2) is 12.2 Å². The van der Waals surface area contributed by atoms with Crippen LogP contribution in [0.15, 0.2) is 60.7 Å². The first kappa shape index (κ1) is 21.2. The molecule has 1 unspecified atom stereocenters. The molecule has 0 N–H and O–H groups in total. The Kier molecular flexibility index (Phi) is 8.81. The van der Waals surface area contributed by atoms with Gasteiger partial charge >= 0.3 is 11.9 Å². The van der Waals surface area contributed by atoms with E-state index < -0.39 is 6.10 Å². The molecule has 28 heavy (non-hydrogen) atoms. The standard InChI is InChI=1S/C24H26O4/c1-3-12-21(4-2)27-22(25)17-11-18-23(26)28-24(19-13-7-5-8-14-19)20-15-9-6-10-16-20/h5-10,13-16,21,24H,4,11,17-18H2,1-2H3. The highest BCUT2D eigenvalue weighted by molar-refractivity contribution is 5.73. The molecule has 4 heteroatoms. The molecule has 0 fully saturated rings. The second kappa shape index (κ2) is 11.6. The minimum Gasteiger partial charge on any atom is -0.453 e. The molecule has 4 nitrogen and oxygen atoms in total. The molecule has 0 aliphatic carbocycles. The van der Waals surface area contributed by atoms with Gasteiger partial charge in [-0.1, -0.05) is 73.5 Å². The Bertz CT molecular complexity index is 763. The summed E-state index contributed by atoms with van der Waals surface area (Å²) in [5.41, 5.74) is 1.82. The Morgan fingerprint density at radius 3 is 1.82 bits per heavy atom. The van der Waals surface area contributed by atoms with Crippen molar-refractivity contribution in [3.8, 4) is 11.8 Å². The first-order valence-electron chi connectivity index (χ1n) is 9.55. The summed E-state index contributed by atoms with van der Waals surface area (Å²) in [5.74, 6) is 4.91. The highest BCUT2D eigenvalue weighted by Crippen LogP contribution is 2.26. The van der Waals surface area contributed by atoms with E-state index in [9.17, 15) is 9.59 Å². The van der Waals surface area contributed by atoms with Crippen LogP contribution in [-0.2, 0) is 19.1 Å². The molecule has 0 spiro atoms. The number of rotatable bonds is 9. The Hall–Kier alpha value is -3.06. The molecule has 0 amide bonds. The zero-order valence-corrected chi connectivity index (χ0v) is 16.4. The molecular formula is C24H26O4. The topological polar surface area (TPSA) is 52.6 Å². The van der Waals surface area contributed by atoms with Gasteiger partial charge < -0.3 is 9.47 Å². The predicted molar refractivity (Wildman–Crippen MR) is 108 cm³/mol. The van der Waals surface area contributed by atoms with Crippen LogP contribution in [0, 0.1) is 11.8 Å². The van der Waals surface area contributed by atoms with Crippen LogP contribution >= 0.6 is 0 Å². The lowest BCUT2D eigenvalue weighted by atomic mass is 10.0. The summed E-state index contributed by atoms with van der Waals surface area (Å²) in [6.45, 7) is 3.62. The van der Waals surface area contributed by atoms with Gasteiger partial charge in [0.25, 0.3) is 0 Å². The fraction of sp³-hybridized carbons (Fsp3) is 0.333. The van der Waals surface area contributed by atoms with Crippen molar-refractivity contribution in [2.45, 2.75) is 51.7 Å². The molecule has 0 saturated heterocycles. The van der Waals surface area contributed by atoms with Crippen LogP contribution in [-0.4, -0.2) is 18.0 Å². The molecule has 0 bridgehead atoms. The number of esters is 2. The molecule has 2 rings (SSSR count). The van der Waals surface area contributed by atoms with E-state index in [1.54, 1.807) is 6.92 Å². The maximum Gasteiger partial charge on any atom is 0.307 e. The summed E-state index contributed by atoms with van der Waals surface area (Å²) in [6, 6.07) is 19.2. The molecule has 2 aromatic carbocycles. The maximum atomic E-state index is 12.4. The molecule has 0 aliphatic rings. The van der Waals surface area contributed by atoms with Gasteiger partial charge in [0.1, 0.15) is 0 Å². The summed E-state index contributed by atoms with van der Waals surface area (Å²) in [5, 5.41) is 0. The highest BCUT2D eigenvalue weighted by atomic mass is 16.5. The van der Waals surface area contributed by atoms with Gasteiger partial charge in [0, 0.05) is 12.8 Å². The van der Waals surface area contributed by atoms with E-state index in [0.717, 1.165) is 11.1 Å². The van der Waals surface area contributed by atoms with E-state index in [1.165, 1.54) is 0 Å². The van der Waals surface area contributed by atoms with E-state index >= 15 is 0 Å². The summed E-state index contributed by atoms with van der Waals surface area (Å²) in [6.07, 6.45) is 0.491. The molecule has 0 aromatic heterocycles. The number of ether oxygens (including phenoxy) is 2. The normalized spacial score (nSPS) is 11.2. The monoisotopic (exact) mass is 378 g/mol. The Balaban J connectivity index is 1.90. The van der Waals surface area contributed by atoms with Gasteiger partial charge in [-0.25, -0.2) is 0 Å². The van der Waals surface area contributed by atoms with E-state index in [2.05, 4.69) is 11.8 Å². The SMILES string of the molecule is CC#CC(CC)OC(=O)CCCC(=O)OC(c1ccccc1)c1ccccc1. The minimum atomic E-state index is -0.467. The van der Waals surface area contributed by atoms with Crippen LogP contribution in [0.2, 0.25) is 0 Å². The molecule has 0 saturated carbocycles. The first-order valence-corrected chi connectivity index (χ1v) is 9.55. The zero-order valence-electron chi connectivity index (χ0n) is 16.4. The summed E-state index contributed by atoms with van der Waals surface area (Å²) in [7, 11) is 0. The van der Waals surface area contributed by atoms with Crippen molar-refractivity contribution >= 4 is 11.9 Å². The van der Waals surface area contributed by atoms with Gasteiger partial charge in [0.2, 0.25) is 0 Å². The average Bonchev–Trinajstić information content (AvgIpc) is 2.73. The zero-order chi connectivity index (χ0) is 20.2. The number of hydrogen-bond donors (Lipinski definition) is 0. The molecule has 0 aliphatic heterocycles. The minimum absolute atomic E-state index is 0.154. The predicted octanol–water partition coefficient (Wildman–Crippen LogP) is 4.83. The number of benzene rings is 2. The van der Waals surface area contributed by atoms with Crippen LogP contribution < -0.4 is 0 Å². The molecule has 146 valence electrons. The molecule has 0 radical (unpaired) electrons. The maximum absolute atomic E-state index is 12.4. The fourth-order valence-corrected chi connectivity index (χ4v) is 2.75. The third kappa shape index (κ3) is 6.92. The van der Waals surface area contributed by atoms with Gasteiger partial charge in [0.05, 0.1) is 0 Å². The lowest BCUT2D eigenvalue weighted by molar-refractivity contribution is -0.149. The molecule has 2 aromatic rings. The largest absolute Gasteiger partial charge is 0.453 e. The Morgan fingerprint density at radius 2 is 1.36 bits per heavy atom. The second-order valence-electron chi connectivity index (χ2n) is 6.33. The lowest BCUT2D eigenvalue weighted by Gasteiger charge is -2.19. The highest BCUT2D eigenvalue weighted by Gasteiger charge is 2.19. The second-order valence-corrected chi connectivity index (χ2v) is 6.33. The van der Waals surface area contributed by atoms with Crippen LogP contribution in [0.1, 0.15) is 56.8 Å². The van der Waals surface area contributed by atoms with Crippen LogP contribution in [0.5, 0.6) is 0 Å². The van der Waals surface area contributed by atoms with Crippen molar-refractivity contribution in [2.75, 3.05) is 0 Å². The molecular weight excluding hydrogens is 352 g/mol. The van der Waals surface area contributed by atoms with Crippen LogP contribution in [0.25, 0.3) is 0 Å². The summed E-state index contributed by atoms with van der Waals surface area (Å²) >= 11 is 0. The summed E-state index contributed by atoms with van der Waals surface area (Å²) < 4.78 is 11.0. The van der Waals surface area contributed by atoms with Crippen molar-refractivity contribution in [1.82, 2.24) is 0 Å². The number of hydrogen-bond acceptors (Lipinski definition) is 4. The van der Waals surface area contributed by atoms with Crippen molar-refractivity contribution in [1.29, 1.82) is 0 Å². The Morgan fingerprint density at radius 1 is 0.857 bits per heavy atom. The van der Waals surface area contributed by atoms with Crippen molar-refractivity contribution in [2.24, 2.45) is 0 Å². The quantitative estimate of drug-likeness (QED) is 0.463. The smallest absolute Gasteiger partial charge is 0.307 e. The van der Waals surface area contributed by atoms with E-state index in [-0.39, 0.29) is 30.9 Å². The fourth-order valence-electron chi connectivity index (χ4n) is 2.75. The van der Waals surface area contributed by atoms with Crippen LogP contribution in [0.4, 0.5) is 0 Å². The third-order valence-electron chi connectivity index (χ3n) is 4.17. The summed E-state index contributed by atoms with van der Waals surface area (Å²) in [4.78, 5) is 24.3. The van der Waals surface area contributed by atoms with Gasteiger partial charge in [-0.2, -0.15) is 0 Å². The van der Waals surface area contributed by atoms with Gasteiger partial charge in [-0.3, -0.25) is 9.59 Å². The van der Waals surface area contributed by atoms with Crippen LogP contribution in [0.3, 0.4) is 0 Å². The van der Waals surface area contributed by atoms with Crippen molar-refractivity contribution in [3.63, 3.8) is 0 Å². The lowest BCUT2D eigenvalue weighted by Crippen LogP contribution is -2.16. The van der Waals surface area contributed by atoms with E-state index in [1.807, 2.05) is 67.6 Å². The first-order chi connectivity index (χ1) is 13.6. The van der Waals surface area contributed by atoms with E-state index in [4.69, 9.17) is 9.47 Å². The Labute approximate surface area is 166 Å². The third-order valence-corrected chi connectivity index (χ3v) is 4.17. The molecule has 1 atom stereocenters.